The molecule has 1 amide bonds. The van der Waals surface area contributed by atoms with E-state index in [4.69, 9.17) is 17.3 Å². The van der Waals surface area contributed by atoms with Crippen LogP contribution in [-0.2, 0) is 10.3 Å². The summed E-state index contributed by atoms with van der Waals surface area (Å²) in [6.07, 6.45) is 0. The Morgan fingerprint density at radius 3 is 2.42 bits per heavy atom. The number of nitro benzene ring substituents is 1. The number of carbonyl (C=O) groups excluding carboxylic acids is 1. The first kappa shape index (κ1) is 22.3. The maximum absolute atomic E-state index is 13.0. The summed E-state index contributed by atoms with van der Waals surface area (Å²) in [6.45, 7) is 3.79. The third kappa shape index (κ3) is 4.39. The van der Waals surface area contributed by atoms with E-state index in [0.717, 1.165) is 5.56 Å². The van der Waals surface area contributed by atoms with Crippen molar-refractivity contribution < 1.29 is 14.8 Å². The van der Waals surface area contributed by atoms with Crippen molar-refractivity contribution in [3.05, 3.63) is 92.5 Å². The molecule has 0 spiro atoms. The fraction of sp³-hybridized carbons (Fsp3) is 0.125. The summed E-state index contributed by atoms with van der Waals surface area (Å²) in [5, 5.41) is 27.9. The first-order valence-electron chi connectivity index (χ1n) is 10.0. The molecule has 1 aliphatic rings. The van der Waals surface area contributed by atoms with Gasteiger partial charge in [-0.2, -0.15) is 0 Å². The minimum atomic E-state index is -0.674. The highest BCUT2D eigenvalue weighted by molar-refractivity contribution is 6.38. The van der Waals surface area contributed by atoms with Gasteiger partial charge >= 0.3 is 5.69 Å². The SMILES string of the molecule is CC(C)(N)c1ccc(N/C(=C2\C(=O)Nc3cc(Cl)ccc32)c2ccc([N+](=O)[O-])c(O)c2)cc1. The Hall–Kier alpha value is -3.88. The minimum absolute atomic E-state index is 0.318. The van der Waals surface area contributed by atoms with Gasteiger partial charge in [-0.15, -0.1) is 0 Å². The van der Waals surface area contributed by atoms with E-state index >= 15 is 0 Å². The highest BCUT2D eigenvalue weighted by Crippen LogP contribution is 2.40. The molecular formula is C24H21ClN4O4. The molecule has 1 aliphatic heterocycles. The number of hydrogen-bond acceptors (Lipinski definition) is 6. The van der Waals surface area contributed by atoms with Crippen molar-refractivity contribution in [2.45, 2.75) is 19.4 Å². The molecule has 0 bridgehead atoms. The number of fused-ring (bicyclic) bond motifs is 1. The van der Waals surface area contributed by atoms with Crippen molar-refractivity contribution >= 4 is 45.8 Å². The number of rotatable bonds is 5. The lowest BCUT2D eigenvalue weighted by Crippen LogP contribution is -2.28. The standard InChI is InChI=1S/C24H21ClN4O4/c1-24(2,26)14-4-7-16(8-5-14)27-22(13-3-10-19(29(32)33)20(30)11-13)21-17-9-6-15(25)12-18(17)28-23(21)31/h3-12,27,30H,26H2,1-2H3,(H,28,31)/b22-21-. The molecule has 4 rings (SSSR count). The van der Waals surface area contributed by atoms with E-state index in [9.17, 15) is 20.0 Å². The van der Waals surface area contributed by atoms with Gasteiger partial charge in [-0.1, -0.05) is 29.8 Å². The van der Waals surface area contributed by atoms with Crippen LogP contribution in [0.4, 0.5) is 17.1 Å². The molecule has 9 heteroatoms. The third-order valence-corrected chi connectivity index (χ3v) is 5.57. The number of nitrogens with two attached hydrogens (primary N) is 1. The number of phenols is 1. The largest absolute Gasteiger partial charge is 0.502 e. The van der Waals surface area contributed by atoms with E-state index in [1.54, 1.807) is 18.2 Å². The number of aromatic hydroxyl groups is 1. The smallest absolute Gasteiger partial charge is 0.310 e. The van der Waals surface area contributed by atoms with Crippen LogP contribution < -0.4 is 16.4 Å². The fourth-order valence-electron chi connectivity index (χ4n) is 3.63. The Balaban J connectivity index is 1.87. The number of nitrogens with one attached hydrogen (secondary N) is 2. The van der Waals surface area contributed by atoms with Crippen LogP contribution in [0.3, 0.4) is 0 Å². The summed E-state index contributed by atoms with van der Waals surface area (Å²) >= 11 is 6.07. The van der Waals surface area contributed by atoms with Gasteiger partial charge in [0, 0.05) is 33.4 Å². The lowest BCUT2D eigenvalue weighted by Gasteiger charge is -2.20. The maximum atomic E-state index is 13.0. The maximum Gasteiger partial charge on any atom is 0.310 e. The van der Waals surface area contributed by atoms with E-state index in [2.05, 4.69) is 10.6 Å². The summed E-state index contributed by atoms with van der Waals surface area (Å²) in [7, 11) is 0. The normalized spacial score (nSPS) is 14.5. The molecule has 0 unspecified atom stereocenters. The van der Waals surface area contributed by atoms with Crippen molar-refractivity contribution in [1.29, 1.82) is 0 Å². The molecular weight excluding hydrogens is 444 g/mol. The van der Waals surface area contributed by atoms with Crippen LogP contribution in [0.1, 0.15) is 30.5 Å². The van der Waals surface area contributed by atoms with E-state index in [-0.39, 0.29) is 5.91 Å². The Labute approximate surface area is 194 Å². The number of halogens is 1. The number of phenolic OH excluding ortho intramolecular Hbond substituents is 1. The molecule has 33 heavy (non-hydrogen) atoms. The van der Waals surface area contributed by atoms with Gasteiger partial charge in [-0.25, -0.2) is 0 Å². The summed E-state index contributed by atoms with van der Waals surface area (Å²) in [5.41, 5.74) is 9.05. The first-order chi connectivity index (χ1) is 15.5. The molecule has 0 saturated heterocycles. The zero-order valence-electron chi connectivity index (χ0n) is 17.8. The van der Waals surface area contributed by atoms with E-state index < -0.39 is 21.9 Å². The Kier molecular flexibility index (Phi) is 5.57. The second-order valence-corrected chi connectivity index (χ2v) is 8.72. The van der Waals surface area contributed by atoms with Gasteiger partial charge in [-0.3, -0.25) is 14.9 Å². The molecule has 168 valence electrons. The van der Waals surface area contributed by atoms with Crippen molar-refractivity contribution in [2.75, 3.05) is 10.6 Å². The van der Waals surface area contributed by atoms with Crippen LogP contribution in [0.25, 0.3) is 11.3 Å². The number of nitrogens with zero attached hydrogens (tertiary/aromatic N) is 1. The number of nitro groups is 1. The first-order valence-corrected chi connectivity index (χ1v) is 10.4. The van der Waals surface area contributed by atoms with Crippen LogP contribution in [-0.4, -0.2) is 15.9 Å². The van der Waals surface area contributed by atoms with Gasteiger partial charge in [0.2, 0.25) is 0 Å². The average Bonchev–Trinajstić information content (AvgIpc) is 3.06. The minimum Gasteiger partial charge on any atom is -0.502 e. The van der Waals surface area contributed by atoms with E-state index in [1.165, 1.54) is 18.2 Å². The van der Waals surface area contributed by atoms with Gasteiger partial charge in [0.1, 0.15) is 0 Å². The highest BCUT2D eigenvalue weighted by atomic mass is 35.5. The third-order valence-electron chi connectivity index (χ3n) is 5.34. The summed E-state index contributed by atoms with van der Waals surface area (Å²) < 4.78 is 0. The Morgan fingerprint density at radius 2 is 1.82 bits per heavy atom. The molecule has 0 fully saturated rings. The molecule has 0 atom stereocenters. The predicted octanol–water partition coefficient (Wildman–Crippen LogP) is 5.08. The van der Waals surface area contributed by atoms with Crippen molar-refractivity contribution in [2.24, 2.45) is 5.73 Å². The lowest BCUT2D eigenvalue weighted by atomic mass is 9.95. The molecule has 8 nitrogen and oxygen atoms in total. The van der Waals surface area contributed by atoms with Crippen molar-refractivity contribution in [1.82, 2.24) is 0 Å². The fourth-order valence-corrected chi connectivity index (χ4v) is 3.81. The lowest BCUT2D eigenvalue weighted by molar-refractivity contribution is -0.385. The van der Waals surface area contributed by atoms with Crippen LogP contribution in [0.15, 0.2) is 60.7 Å². The van der Waals surface area contributed by atoms with Gasteiger partial charge in [0.25, 0.3) is 5.91 Å². The zero-order chi connectivity index (χ0) is 23.9. The average molecular weight is 465 g/mol. The highest BCUT2D eigenvalue weighted by Gasteiger charge is 2.29. The number of carbonyl (C=O) groups is 1. The zero-order valence-corrected chi connectivity index (χ0v) is 18.6. The Bertz CT molecular complexity index is 1310. The molecule has 0 saturated carbocycles. The van der Waals surface area contributed by atoms with E-state index in [0.29, 0.717) is 38.8 Å². The quantitative estimate of drug-likeness (QED) is 0.236. The second kappa shape index (κ2) is 8.23. The monoisotopic (exact) mass is 464 g/mol. The molecule has 0 radical (unpaired) electrons. The van der Waals surface area contributed by atoms with Gasteiger partial charge in [-0.05, 0) is 55.8 Å². The van der Waals surface area contributed by atoms with Gasteiger partial charge in [0.05, 0.1) is 21.9 Å². The van der Waals surface area contributed by atoms with E-state index in [1.807, 2.05) is 38.1 Å². The second-order valence-electron chi connectivity index (χ2n) is 8.28. The van der Waals surface area contributed by atoms with Crippen LogP contribution in [0.5, 0.6) is 5.75 Å². The van der Waals surface area contributed by atoms with Crippen molar-refractivity contribution in [3.8, 4) is 5.75 Å². The molecule has 3 aromatic rings. The number of anilines is 2. The topological polar surface area (TPSA) is 131 Å². The molecule has 0 aliphatic carbocycles. The summed E-state index contributed by atoms with van der Waals surface area (Å²) in [5.74, 6) is -0.875. The summed E-state index contributed by atoms with van der Waals surface area (Å²) in [4.78, 5) is 23.4. The van der Waals surface area contributed by atoms with Crippen LogP contribution >= 0.6 is 11.6 Å². The molecule has 0 aromatic heterocycles. The van der Waals surface area contributed by atoms with Crippen LogP contribution in [0.2, 0.25) is 5.02 Å². The summed E-state index contributed by atoms with van der Waals surface area (Å²) in [6, 6.07) is 16.4. The molecule has 5 N–H and O–H groups in total. The van der Waals surface area contributed by atoms with Crippen LogP contribution in [0, 0.1) is 10.1 Å². The number of benzene rings is 3. The molecule has 1 heterocycles. The predicted molar refractivity (Wildman–Crippen MR) is 129 cm³/mol. The van der Waals surface area contributed by atoms with Crippen molar-refractivity contribution in [3.63, 3.8) is 0 Å². The molecule has 3 aromatic carbocycles. The van der Waals surface area contributed by atoms with Gasteiger partial charge < -0.3 is 21.5 Å². The number of hydrogen-bond donors (Lipinski definition) is 4. The van der Waals surface area contributed by atoms with Gasteiger partial charge in [0.15, 0.2) is 5.75 Å². The Morgan fingerprint density at radius 1 is 1.12 bits per heavy atom. The number of amides is 1.